The van der Waals surface area contributed by atoms with Crippen molar-refractivity contribution < 1.29 is 9.59 Å². The molecule has 7 nitrogen and oxygen atoms in total. The van der Waals surface area contributed by atoms with Gasteiger partial charge in [-0.2, -0.15) is 5.26 Å². The first kappa shape index (κ1) is 13.6. The van der Waals surface area contributed by atoms with Crippen molar-refractivity contribution in [2.75, 3.05) is 5.73 Å². The second-order valence-electron chi connectivity index (χ2n) is 4.91. The molecule has 0 radical (unpaired) electrons. The van der Waals surface area contributed by atoms with Crippen molar-refractivity contribution in [1.82, 2.24) is 9.88 Å². The molecule has 1 aliphatic heterocycles. The topological polar surface area (TPSA) is 118 Å². The quantitative estimate of drug-likeness (QED) is 0.742. The summed E-state index contributed by atoms with van der Waals surface area (Å²) in [4.78, 5) is 35.8. The molecule has 0 saturated carbocycles. The number of nitrogens with two attached hydrogens (primary N) is 1. The van der Waals surface area contributed by atoms with Crippen LogP contribution in [-0.2, 0) is 0 Å². The average Bonchev–Trinajstić information content (AvgIpc) is 2.74. The maximum atomic E-state index is 12.3. The van der Waals surface area contributed by atoms with E-state index in [2.05, 4.69) is 5.32 Å². The Morgan fingerprint density at radius 3 is 2.59 bits per heavy atom. The van der Waals surface area contributed by atoms with E-state index in [1.165, 1.54) is 0 Å². The molecule has 3 rings (SSSR count). The Labute approximate surface area is 124 Å². The number of fused-ring (bicyclic) bond motifs is 1. The second-order valence-corrected chi connectivity index (χ2v) is 4.91. The molecule has 0 atom stereocenters. The van der Waals surface area contributed by atoms with Crippen molar-refractivity contribution in [2.45, 2.75) is 6.92 Å². The molecule has 3 N–H and O–H groups in total. The summed E-state index contributed by atoms with van der Waals surface area (Å²) in [5.41, 5.74) is 6.60. The third kappa shape index (κ3) is 1.78. The minimum atomic E-state index is -0.655. The van der Waals surface area contributed by atoms with E-state index in [1.54, 1.807) is 25.1 Å². The summed E-state index contributed by atoms with van der Waals surface area (Å²) in [6.45, 7) is 1.80. The number of pyridine rings is 1. The third-order valence-electron chi connectivity index (χ3n) is 3.47. The lowest BCUT2D eigenvalue weighted by Crippen LogP contribution is -2.24. The van der Waals surface area contributed by atoms with Gasteiger partial charge >= 0.3 is 0 Å². The largest absolute Gasteiger partial charge is 0.384 e. The molecule has 1 aromatic heterocycles. The zero-order valence-electron chi connectivity index (χ0n) is 11.5. The van der Waals surface area contributed by atoms with Crippen molar-refractivity contribution in [1.29, 1.82) is 5.26 Å². The van der Waals surface area contributed by atoms with E-state index in [-0.39, 0.29) is 28.2 Å². The molecular formula is C15H10N4O3. The van der Waals surface area contributed by atoms with Gasteiger partial charge in [-0.15, -0.1) is 0 Å². The van der Waals surface area contributed by atoms with Gasteiger partial charge in [-0.05, 0) is 24.6 Å². The number of carbonyl (C=O) groups is 2. The van der Waals surface area contributed by atoms with Crippen molar-refractivity contribution in [3.63, 3.8) is 0 Å². The summed E-state index contributed by atoms with van der Waals surface area (Å²) < 4.78 is 1.07. The lowest BCUT2D eigenvalue weighted by atomic mass is 10.1. The zero-order valence-corrected chi connectivity index (χ0v) is 11.5. The molecule has 0 bridgehead atoms. The fourth-order valence-electron chi connectivity index (χ4n) is 2.45. The Bertz CT molecular complexity index is 950. The first-order valence-electron chi connectivity index (χ1n) is 6.36. The van der Waals surface area contributed by atoms with Crippen LogP contribution in [0.1, 0.15) is 31.8 Å². The van der Waals surface area contributed by atoms with E-state index in [4.69, 9.17) is 5.73 Å². The molecule has 0 saturated heterocycles. The highest BCUT2D eigenvalue weighted by molar-refractivity contribution is 6.23. The third-order valence-corrected chi connectivity index (χ3v) is 3.47. The summed E-state index contributed by atoms with van der Waals surface area (Å²) in [6, 6.07) is 7.95. The maximum Gasteiger partial charge on any atom is 0.262 e. The lowest BCUT2D eigenvalue weighted by Gasteiger charge is -2.13. The number of hydrogen-bond donors (Lipinski definition) is 2. The van der Waals surface area contributed by atoms with Gasteiger partial charge in [0.25, 0.3) is 17.4 Å². The van der Waals surface area contributed by atoms with Crippen LogP contribution in [0.3, 0.4) is 0 Å². The molecule has 0 fully saturated rings. The number of nitrogens with zero attached hydrogens (tertiary/aromatic N) is 2. The van der Waals surface area contributed by atoms with Gasteiger partial charge < -0.3 is 5.73 Å². The minimum Gasteiger partial charge on any atom is -0.384 e. The van der Waals surface area contributed by atoms with E-state index in [0.717, 1.165) is 16.2 Å². The van der Waals surface area contributed by atoms with Crippen LogP contribution in [0.25, 0.3) is 5.69 Å². The number of anilines is 1. The van der Waals surface area contributed by atoms with Crippen LogP contribution in [0.5, 0.6) is 0 Å². The molecular weight excluding hydrogens is 284 g/mol. The van der Waals surface area contributed by atoms with E-state index in [0.29, 0.717) is 0 Å². The fraction of sp³-hybridized carbons (Fsp3) is 0.0667. The molecule has 2 aromatic rings. The Hall–Kier alpha value is -3.40. The summed E-state index contributed by atoms with van der Waals surface area (Å²) in [6.07, 6.45) is 0. The van der Waals surface area contributed by atoms with E-state index < -0.39 is 17.4 Å². The highest BCUT2D eigenvalue weighted by atomic mass is 16.2. The molecule has 0 aliphatic carbocycles. The van der Waals surface area contributed by atoms with Crippen LogP contribution < -0.4 is 16.6 Å². The molecule has 1 aromatic carbocycles. The second kappa shape index (κ2) is 4.56. The van der Waals surface area contributed by atoms with Crippen molar-refractivity contribution in [2.24, 2.45) is 0 Å². The molecule has 22 heavy (non-hydrogen) atoms. The molecule has 0 unspecified atom stereocenters. The number of aryl methyl sites for hydroxylation is 1. The fourth-order valence-corrected chi connectivity index (χ4v) is 2.45. The number of aromatic nitrogens is 1. The van der Waals surface area contributed by atoms with E-state index in [1.807, 2.05) is 6.07 Å². The van der Waals surface area contributed by atoms with Gasteiger partial charge in [0.2, 0.25) is 0 Å². The van der Waals surface area contributed by atoms with Gasteiger partial charge in [-0.1, -0.05) is 6.07 Å². The number of hydrogen-bond acceptors (Lipinski definition) is 5. The number of carbonyl (C=O) groups excluding carboxylic acids is 2. The Kier molecular flexibility index (Phi) is 2.82. The van der Waals surface area contributed by atoms with Crippen LogP contribution in [0.4, 0.5) is 5.82 Å². The van der Waals surface area contributed by atoms with Gasteiger partial charge in [-0.3, -0.25) is 24.3 Å². The van der Waals surface area contributed by atoms with Crippen LogP contribution in [0.2, 0.25) is 0 Å². The van der Waals surface area contributed by atoms with Crippen LogP contribution in [0.15, 0.2) is 29.1 Å². The van der Waals surface area contributed by atoms with Crippen LogP contribution in [0, 0.1) is 18.3 Å². The normalized spacial score (nSPS) is 12.7. The standard InChI is InChI=1S/C15H10N4O3/c1-7-2-3-8(6-16)10(4-7)19-11(20)5-9-12(13(19)17)15(22)18-14(9)21/h2-5H,17H2,1H3,(H,18,21,22). The highest BCUT2D eigenvalue weighted by Crippen LogP contribution is 2.24. The number of benzene rings is 1. The predicted molar refractivity (Wildman–Crippen MR) is 77.7 cm³/mol. The number of amides is 2. The summed E-state index contributed by atoms with van der Waals surface area (Å²) in [7, 11) is 0. The number of imide groups is 1. The van der Waals surface area contributed by atoms with Gasteiger partial charge in [-0.25, -0.2) is 0 Å². The molecule has 2 heterocycles. The van der Waals surface area contributed by atoms with Crippen LogP contribution >= 0.6 is 0 Å². The highest BCUT2D eigenvalue weighted by Gasteiger charge is 2.32. The lowest BCUT2D eigenvalue weighted by molar-refractivity contribution is 0.0880. The number of nitrogens with one attached hydrogen (secondary N) is 1. The van der Waals surface area contributed by atoms with Crippen molar-refractivity contribution >= 4 is 17.6 Å². The van der Waals surface area contributed by atoms with Crippen LogP contribution in [-0.4, -0.2) is 16.4 Å². The number of nitriles is 1. The van der Waals surface area contributed by atoms with Gasteiger partial charge in [0.15, 0.2) is 0 Å². The summed E-state index contributed by atoms with van der Waals surface area (Å²) in [5, 5.41) is 11.3. The van der Waals surface area contributed by atoms with Crippen molar-refractivity contribution in [3.05, 3.63) is 56.9 Å². The zero-order chi connectivity index (χ0) is 16.0. The summed E-state index contributed by atoms with van der Waals surface area (Å²) in [5.74, 6) is -1.47. The molecule has 0 spiro atoms. The number of rotatable bonds is 1. The molecule has 7 heteroatoms. The molecule has 2 amide bonds. The van der Waals surface area contributed by atoms with E-state index >= 15 is 0 Å². The Balaban J connectivity index is 2.41. The van der Waals surface area contributed by atoms with Crippen molar-refractivity contribution in [3.8, 4) is 11.8 Å². The predicted octanol–water partition coefficient (Wildman–Crippen LogP) is 0.483. The van der Waals surface area contributed by atoms with E-state index in [9.17, 15) is 19.6 Å². The average molecular weight is 294 g/mol. The number of nitrogen functional groups attached to an aromatic ring is 1. The maximum absolute atomic E-state index is 12.3. The smallest absolute Gasteiger partial charge is 0.262 e. The molecule has 1 aliphatic rings. The first-order chi connectivity index (χ1) is 10.4. The van der Waals surface area contributed by atoms with Gasteiger partial charge in [0.05, 0.1) is 22.4 Å². The Morgan fingerprint density at radius 2 is 1.91 bits per heavy atom. The van der Waals surface area contributed by atoms with Gasteiger partial charge in [0.1, 0.15) is 11.9 Å². The van der Waals surface area contributed by atoms with Gasteiger partial charge in [0, 0.05) is 6.07 Å². The molecule has 108 valence electrons. The minimum absolute atomic E-state index is 0.0463. The SMILES string of the molecule is Cc1ccc(C#N)c(-n2c(N)c3c(cc2=O)C(=O)NC3=O)c1. The summed E-state index contributed by atoms with van der Waals surface area (Å²) >= 11 is 0. The Morgan fingerprint density at radius 1 is 1.18 bits per heavy atom. The first-order valence-corrected chi connectivity index (χ1v) is 6.36. The monoisotopic (exact) mass is 294 g/mol.